The molecule has 1 aliphatic heterocycles. The zero-order chi connectivity index (χ0) is 19.8. The summed E-state index contributed by atoms with van der Waals surface area (Å²) >= 11 is 0. The number of rotatable bonds is 5. The molecule has 1 aliphatic rings. The minimum absolute atomic E-state index is 0.295. The van der Waals surface area contributed by atoms with Gasteiger partial charge in [0.1, 0.15) is 0 Å². The van der Waals surface area contributed by atoms with Gasteiger partial charge in [-0.25, -0.2) is 4.79 Å². The highest BCUT2D eigenvalue weighted by Crippen LogP contribution is 2.29. The lowest BCUT2D eigenvalue weighted by molar-refractivity contribution is 0.253. The van der Waals surface area contributed by atoms with Gasteiger partial charge in [0.05, 0.1) is 27.3 Å². The third-order valence-corrected chi connectivity index (χ3v) is 4.62. The first kappa shape index (κ1) is 19.6. The summed E-state index contributed by atoms with van der Waals surface area (Å²) in [7, 11) is 3.12. The number of carbonyl (C=O) groups excluding carboxylic acids is 1. The van der Waals surface area contributed by atoms with Crippen LogP contribution in [0.4, 0.5) is 10.5 Å². The summed E-state index contributed by atoms with van der Waals surface area (Å²) < 4.78 is 10.4. The first-order valence-corrected chi connectivity index (χ1v) is 9.21. The number of nitrogens with one attached hydrogen (secondary N) is 2. The van der Waals surface area contributed by atoms with Crippen LogP contribution in [0.2, 0.25) is 0 Å². The van der Waals surface area contributed by atoms with E-state index in [2.05, 4.69) is 51.6 Å². The highest BCUT2D eigenvalue weighted by atomic mass is 16.5. The number of carbonyl (C=O) groups is 1. The number of anilines is 1. The maximum atomic E-state index is 12.0. The maximum absolute atomic E-state index is 12.0. The number of hydrogen-bond acceptors (Lipinski definition) is 4. The lowest BCUT2D eigenvalue weighted by atomic mass is 10.0. The van der Waals surface area contributed by atoms with E-state index < -0.39 is 0 Å². The Bertz CT molecular complexity index is 886. The SMILES string of the molecule is COc1ccc(NC(=O)NCC#CCN2CCc3ccccc3C2)cc1OC. The standard InChI is InChI=1S/C22H25N3O3/c1-27-20-10-9-19(15-21(20)28-2)24-22(26)23-12-5-6-13-25-14-11-17-7-3-4-8-18(17)16-25/h3-4,7-10,15H,11-14,16H2,1-2H3,(H2,23,24,26). The normalized spacial score (nSPS) is 12.9. The molecule has 146 valence electrons. The number of hydrogen-bond donors (Lipinski definition) is 2. The molecule has 0 fully saturated rings. The van der Waals surface area contributed by atoms with Crippen LogP contribution in [0.25, 0.3) is 0 Å². The Labute approximate surface area is 165 Å². The van der Waals surface area contributed by atoms with E-state index in [0.717, 1.165) is 19.5 Å². The molecule has 0 saturated carbocycles. The van der Waals surface area contributed by atoms with Gasteiger partial charge in [0.25, 0.3) is 0 Å². The quantitative estimate of drug-likeness (QED) is 0.784. The molecule has 0 aliphatic carbocycles. The summed E-state index contributed by atoms with van der Waals surface area (Å²) in [6.45, 7) is 2.94. The fourth-order valence-corrected chi connectivity index (χ4v) is 3.13. The molecule has 2 N–H and O–H groups in total. The molecule has 0 unspecified atom stereocenters. The van der Waals surface area contributed by atoms with Crippen LogP contribution < -0.4 is 20.1 Å². The number of urea groups is 1. The predicted octanol–water partition coefficient (Wildman–Crippen LogP) is 2.89. The van der Waals surface area contributed by atoms with Crippen LogP contribution in [0.15, 0.2) is 42.5 Å². The van der Waals surface area contributed by atoms with E-state index in [1.54, 1.807) is 32.4 Å². The second-order valence-corrected chi connectivity index (χ2v) is 6.46. The molecule has 0 bridgehead atoms. The average Bonchev–Trinajstić information content (AvgIpc) is 2.73. The van der Waals surface area contributed by atoms with Gasteiger partial charge in [-0.15, -0.1) is 0 Å². The molecule has 2 aromatic carbocycles. The molecule has 0 aromatic heterocycles. The van der Waals surface area contributed by atoms with Gasteiger partial charge < -0.3 is 20.1 Å². The van der Waals surface area contributed by atoms with Gasteiger partial charge in [-0.2, -0.15) is 0 Å². The Morgan fingerprint density at radius 3 is 2.64 bits per heavy atom. The summed E-state index contributed by atoms with van der Waals surface area (Å²) in [5.41, 5.74) is 3.43. The molecule has 6 heteroatoms. The lowest BCUT2D eigenvalue weighted by Gasteiger charge is -2.26. The van der Waals surface area contributed by atoms with Crippen LogP contribution in [-0.4, -0.2) is 44.8 Å². The van der Waals surface area contributed by atoms with Gasteiger partial charge in [0.15, 0.2) is 11.5 Å². The smallest absolute Gasteiger partial charge is 0.319 e. The van der Waals surface area contributed by atoms with Crippen molar-refractivity contribution < 1.29 is 14.3 Å². The fraction of sp³-hybridized carbons (Fsp3) is 0.318. The zero-order valence-corrected chi connectivity index (χ0v) is 16.2. The molecular weight excluding hydrogens is 354 g/mol. The monoisotopic (exact) mass is 379 g/mol. The molecule has 2 amide bonds. The largest absolute Gasteiger partial charge is 0.493 e. The molecule has 6 nitrogen and oxygen atoms in total. The van der Waals surface area contributed by atoms with Crippen LogP contribution in [0.5, 0.6) is 11.5 Å². The summed E-state index contributed by atoms with van der Waals surface area (Å²) in [5, 5.41) is 5.49. The Morgan fingerprint density at radius 1 is 1.07 bits per heavy atom. The number of methoxy groups -OCH3 is 2. The van der Waals surface area contributed by atoms with Crippen molar-refractivity contribution in [2.45, 2.75) is 13.0 Å². The number of benzene rings is 2. The second-order valence-electron chi connectivity index (χ2n) is 6.46. The van der Waals surface area contributed by atoms with E-state index >= 15 is 0 Å². The van der Waals surface area contributed by atoms with Gasteiger partial charge in [0.2, 0.25) is 0 Å². The lowest BCUT2D eigenvalue weighted by Crippen LogP contribution is -2.31. The summed E-state index contributed by atoms with van der Waals surface area (Å²) in [4.78, 5) is 14.3. The van der Waals surface area contributed by atoms with Crippen molar-refractivity contribution in [2.24, 2.45) is 0 Å². The first-order valence-electron chi connectivity index (χ1n) is 9.21. The molecule has 2 aromatic rings. The number of fused-ring (bicyclic) bond motifs is 1. The third-order valence-electron chi connectivity index (χ3n) is 4.62. The molecular formula is C22H25N3O3. The number of ether oxygens (including phenoxy) is 2. The van der Waals surface area contributed by atoms with E-state index in [1.165, 1.54) is 11.1 Å². The van der Waals surface area contributed by atoms with Crippen molar-refractivity contribution in [3.8, 4) is 23.3 Å². The fourth-order valence-electron chi connectivity index (χ4n) is 3.13. The van der Waals surface area contributed by atoms with Gasteiger partial charge in [-0.1, -0.05) is 36.1 Å². The Hall–Kier alpha value is -3.17. The molecule has 3 rings (SSSR count). The number of nitrogens with zero attached hydrogens (tertiary/aromatic N) is 1. The highest BCUT2D eigenvalue weighted by Gasteiger charge is 2.14. The second kappa shape index (κ2) is 9.67. The van der Waals surface area contributed by atoms with E-state index in [0.29, 0.717) is 30.3 Å². The van der Waals surface area contributed by atoms with E-state index in [-0.39, 0.29) is 6.03 Å². The molecule has 1 heterocycles. The third kappa shape index (κ3) is 5.18. The predicted molar refractivity (Wildman–Crippen MR) is 110 cm³/mol. The summed E-state index contributed by atoms with van der Waals surface area (Å²) in [5.74, 6) is 7.31. The summed E-state index contributed by atoms with van der Waals surface area (Å²) in [6, 6.07) is 13.4. The highest BCUT2D eigenvalue weighted by molar-refractivity contribution is 5.89. The van der Waals surface area contributed by atoms with Crippen molar-refractivity contribution in [2.75, 3.05) is 39.2 Å². The van der Waals surface area contributed by atoms with Crippen LogP contribution in [0, 0.1) is 11.8 Å². The van der Waals surface area contributed by atoms with Crippen molar-refractivity contribution in [1.29, 1.82) is 0 Å². The van der Waals surface area contributed by atoms with Crippen molar-refractivity contribution in [1.82, 2.24) is 10.2 Å². The number of amides is 2. The van der Waals surface area contributed by atoms with E-state index in [9.17, 15) is 4.79 Å². The molecule has 0 saturated heterocycles. The molecule has 0 radical (unpaired) electrons. The zero-order valence-electron chi connectivity index (χ0n) is 16.2. The van der Waals surface area contributed by atoms with Crippen LogP contribution >= 0.6 is 0 Å². The van der Waals surface area contributed by atoms with Crippen LogP contribution in [0.3, 0.4) is 0 Å². The van der Waals surface area contributed by atoms with Gasteiger partial charge in [0, 0.05) is 24.8 Å². The van der Waals surface area contributed by atoms with Crippen molar-refractivity contribution >= 4 is 11.7 Å². The van der Waals surface area contributed by atoms with Gasteiger partial charge >= 0.3 is 6.03 Å². The van der Waals surface area contributed by atoms with Crippen molar-refractivity contribution in [3.63, 3.8) is 0 Å². The molecule has 0 spiro atoms. The first-order chi connectivity index (χ1) is 13.7. The Morgan fingerprint density at radius 2 is 1.86 bits per heavy atom. The van der Waals surface area contributed by atoms with E-state index in [4.69, 9.17) is 9.47 Å². The molecule has 0 atom stereocenters. The maximum Gasteiger partial charge on any atom is 0.319 e. The van der Waals surface area contributed by atoms with Crippen LogP contribution in [0.1, 0.15) is 11.1 Å². The van der Waals surface area contributed by atoms with E-state index in [1.807, 2.05) is 0 Å². The Kier molecular flexibility index (Phi) is 6.77. The molecule has 28 heavy (non-hydrogen) atoms. The van der Waals surface area contributed by atoms with Gasteiger partial charge in [-0.3, -0.25) is 4.90 Å². The van der Waals surface area contributed by atoms with Crippen molar-refractivity contribution in [3.05, 3.63) is 53.6 Å². The Balaban J connectivity index is 1.42. The van der Waals surface area contributed by atoms with Crippen LogP contribution in [-0.2, 0) is 13.0 Å². The topological polar surface area (TPSA) is 62.8 Å². The average molecular weight is 379 g/mol. The minimum atomic E-state index is -0.312. The minimum Gasteiger partial charge on any atom is -0.493 e. The van der Waals surface area contributed by atoms with Gasteiger partial charge in [-0.05, 0) is 29.7 Å². The summed E-state index contributed by atoms with van der Waals surface area (Å²) in [6.07, 6.45) is 1.06.